The number of amides is 1. The maximum absolute atomic E-state index is 11.9. The number of nitrogens with one attached hydrogen (secondary N) is 1. The molecule has 2 N–H and O–H groups in total. The van der Waals surface area contributed by atoms with Crippen molar-refractivity contribution in [1.29, 1.82) is 0 Å². The quantitative estimate of drug-likeness (QED) is 0.857. The van der Waals surface area contributed by atoms with E-state index >= 15 is 0 Å². The van der Waals surface area contributed by atoms with Gasteiger partial charge in [-0.1, -0.05) is 18.2 Å². The van der Waals surface area contributed by atoms with Crippen LogP contribution in [0, 0.1) is 0 Å². The Morgan fingerprint density at radius 3 is 2.71 bits per heavy atom. The number of benzene rings is 1. The molecule has 0 bridgehead atoms. The summed E-state index contributed by atoms with van der Waals surface area (Å²) in [7, 11) is 1.62. The van der Waals surface area contributed by atoms with Crippen LogP contribution in [-0.2, 0) is 16.0 Å². The van der Waals surface area contributed by atoms with Crippen LogP contribution in [0.5, 0.6) is 0 Å². The molecule has 1 amide bonds. The monoisotopic (exact) mass is 288 g/mol. The molecule has 0 saturated heterocycles. The van der Waals surface area contributed by atoms with Gasteiger partial charge in [-0.3, -0.25) is 9.59 Å². The molecule has 0 aliphatic heterocycles. The zero-order chi connectivity index (χ0) is 15.4. The minimum Gasteiger partial charge on any atom is -0.481 e. The van der Waals surface area contributed by atoms with Crippen molar-refractivity contribution in [2.45, 2.75) is 32.2 Å². The Bertz CT molecular complexity index is 661. The zero-order valence-corrected chi connectivity index (χ0v) is 12.3. The first kappa shape index (κ1) is 15.1. The molecule has 21 heavy (non-hydrogen) atoms. The van der Waals surface area contributed by atoms with Crippen LogP contribution in [0.1, 0.15) is 31.4 Å². The van der Waals surface area contributed by atoms with Crippen molar-refractivity contribution in [3.05, 3.63) is 36.0 Å². The smallest absolute Gasteiger partial charge is 0.303 e. The number of fused-ring (bicyclic) bond motifs is 1. The average Bonchev–Trinajstić information content (AvgIpc) is 2.84. The summed E-state index contributed by atoms with van der Waals surface area (Å²) in [5.74, 6) is -0.828. The minimum atomic E-state index is -0.780. The van der Waals surface area contributed by atoms with Crippen molar-refractivity contribution in [2.75, 3.05) is 7.05 Å². The summed E-state index contributed by atoms with van der Waals surface area (Å²) in [6, 6.07) is 7.59. The van der Waals surface area contributed by atoms with Crippen LogP contribution in [0.25, 0.3) is 10.9 Å². The van der Waals surface area contributed by atoms with Crippen LogP contribution in [0.2, 0.25) is 0 Å². The van der Waals surface area contributed by atoms with E-state index in [2.05, 4.69) is 5.32 Å². The van der Waals surface area contributed by atoms with Gasteiger partial charge in [0.05, 0.1) is 0 Å². The molecule has 0 spiro atoms. The van der Waals surface area contributed by atoms with Crippen LogP contribution in [0.4, 0.5) is 0 Å². The number of likely N-dealkylation sites (N-methyl/N-ethyl adjacent to an activating group) is 1. The Morgan fingerprint density at radius 1 is 1.33 bits per heavy atom. The molecule has 5 heteroatoms. The number of carbonyl (C=O) groups excluding carboxylic acids is 1. The third-order valence-electron chi connectivity index (χ3n) is 3.70. The maximum atomic E-state index is 11.9. The Morgan fingerprint density at radius 2 is 2.05 bits per heavy atom. The second kappa shape index (κ2) is 6.43. The van der Waals surface area contributed by atoms with Crippen molar-refractivity contribution in [1.82, 2.24) is 9.88 Å². The molecule has 0 fully saturated rings. The first-order valence-electron chi connectivity index (χ1n) is 7.06. The highest BCUT2D eigenvalue weighted by Gasteiger charge is 2.17. The molecule has 0 aliphatic carbocycles. The maximum Gasteiger partial charge on any atom is 0.303 e. The van der Waals surface area contributed by atoms with Gasteiger partial charge in [0.1, 0.15) is 6.04 Å². The van der Waals surface area contributed by atoms with Gasteiger partial charge in [-0.15, -0.1) is 0 Å². The summed E-state index contributed by atoms with van der Waals surface area (Å²) in [5, 5.41) is 12.5. The summed E-state index contributed by atoms with van der Waals surface area (Å²) in [5.41, 5.74) is 2.08. The zero-order valence-electron chi connectivity index (χ0n) is 12.3. The van der Waals surface area contributed by atoms with Gasteiger partial charge in [0.15, 0.2) is 0 Å². The van der Waals surface area contributed by atoms with E-state index in [0.717, 1.165) is 16.5 Å². The Hall–Kier alpha value is -2.30. The molecule has 5 nitrogen and oxygen atoms in total. The molecule has 0 aliphatic rings. The van der Waals surface area contributed by atoms with Crippen molar-refractivity contribution < 1.29 is 14.7 Å². The van der Waals surface area contributed by atoms with Gasteiger partial charge in [0, 0.05) is 30.6 Å². The topological polar surface area (TPSA) is 71.3 Å². The molecule has 1 unspecified atom stereocenters. The number of nitrogens with zero attached hydrogens (tertiary/aromatic N) is 1. The number of carbonyl (C=O) groups is 2. The third-order valence-corrected chi connectivity index (χ3v) is 3.70. The standard InChI is InChI=1S/C16H20N2O3/c1-11(16(21)17-2)18-10-12(6-5-9-15(19)20)13-7-3-4-8-14(13)18/h3-4,7-8,10-11H,5-6,9H2,1-2H3,(H,17,21)(H,19,20). The van der Waals surface area contributed by atoms with Gasteiger partial charge >= 0.3 is 5.97 Å². The highest BCUT2D eigenvalue weighted by Crippen LogP contribution is 2.26. The number of aromatic nitrogens is 1. The van der Waals surface area contributed by atoms with Crippen molar-refractivity contribution in [3.63, 3.8) is 0 Å². The molecule has 2 aromatic rings. The highest BCUT2D eigenvalue weighted by molar-refractivity contribution is 5.87. The summed E-state index contributed by atoms with van der Waals surface area (Å²) in [6.45, 7) is 1.85. The second-order valence-electron chi connectivity index (χ2n) is 5.12. The first-order valence-corrected chi connectivity index (χ1v) is 7.06. The van der Waals surface area contributed by atoms with E-state index in [9.17, 15) is 9.59 Å². The molecule has 0 saturated carbocycles. The van der Waals surface area contributed by atoms with E-state index in [1.807, 2.05) is 42.0 Å². The molecular weight excluding hydrogens is 268 g/mol. The predicted octanol–water partition coefficient (Wildman–Crippen LogP) is 2.36. The molecule has 112 valence electrons. The number of rotatable bonds is 6. The number of hydrogen-bond donors (Lipinski definition) is 2. The Balaban J connectivity index is 2.34. The second-order valence-corrected chi connectivity index (χ2v) is 5.12. The van der Waals surface area contributed by atoms with Crippen molar-refractivity contribution in [2.24, 2.45) is 0 Å². The molecular formula is C16H20N2O3. The van der Waals surface area contributed by atoms with E-state index in [-0.39, 0.29) is 18.4 Å². The fourth-order valence-corrected chi connectivity index (χ4v) is 2.56. The first-order chi connectivity index (χ1) is 10.0. The lowest BCUT2D eigenvalue weighted by molar-refractivity contribution is -0.137. The summed E-state index contributed by atoms with van der Waals surface area (Å²) < 4.78 is 1.95. The lowest BCUT2D eigenvalue weighted by Gasteiger charge is -2.13. The third kappa shape index (κ3) is 3.24. The predicted molar refractivity (Wildman–Crippen MR) is 81.3 cm³/mol. The minimum absolute atomic E-state index is 0.0483. The van der Waals surface area contributed by atoms with E-state index in [1.165, 1.54) is 0 Å². The van der Waals surface area contributed by atoms with Gasteiger partial charge in [-0.2, -0.15) is 0 Å². The molecule has 1 atom stereocenters. The van der Waals surface area contributed by atoms with E-state index < -0.39 is 5.97 Å². The highest BCUT2D eigenvalue weighted by atomic mass is 16.4. The summed E-state index contributed by atoms with van der Waals surface area (Å²) in [4.78, 5) is 22.5. The van der Waals surface area contributed by atoms with Crippen LogP contribution in [-0.4, -0.2) is 28.6 Å². The number of para-hydroxylation sites is 1. The van der Waals surface area contributed by atoms with Crippen LogP contribution < -0.4 is 5.32 Å². The van der Waals surface area contributed by atoms with Gasteiger partial charge in [0.25, 0.3) is 0 Å². The normalized spacial score (nSPS) is 12.3. The van der Waals surface area contributed by atoms with E-state index in [1.54, 1.807) is 7.05 Å². The molecule has 2 rings (SSSR count). The van der Waals surface area contributed by atoms with Crippen LogP contribution in [0.3, 0.4) is 0 Å². The molecule has 1 heterocycles. The fraction of sp³-hybridized carbons (Fsp3) is 0.375. The van der Waals surface area contributed by atoms with Crippen molar-refractivity contribution >= 4 is 22.8 Å². The number of hydrogen-bond acceptors (Lipinski definition) is 2. The van der Waals surface area contributed by atoms with Gasteiger partial charge in [-0.05, 0) is 31.4 Å². The number of aryl methyl sites for hydroxylation is 1. The molecule has 0 radical (unpaired) electrons. The SMILES string of the molecule is CNC(=O)C(C)n1cc(CCCC(=O)O)c2ccccc21. The Kier molecular flexibility index (Phi) is 4.62. The summed E-state index contributed by atoms with van der Waals surface area (Å²) in [6.07, 6.45) is 3.41. The Labute approximate surface area is 123 Å². The van der Waals surface area contributed by atoms with E-state index in [4.69, 9.17) is 5.11 Å². The average molecular weight is 288 g/mol. The van der Waals surface area contributed by atoms with Crippen LogP contribution >= 0.6 is 0 Å². The molecule has 1 aromatic heterocycles. The van der Waals surface area contributed by atoms with E-state index in [0.29, 0.717) is 12.8 Å². The van der Waals surface area contributed by atoms with Gasteiger partial charge < -0.3 is 15.0 Å². The number of carboxylic acids is 1. The van der Waals surface area contributed by atoms with Crippen molar-refractivity contribution in [3.8, 4) is 0 Å². The van der Waals surface area contributed by atoms with Crippen LogP contribution in [0.15, 0.2) is 30.5 Å². The lowest BCUT2D eigenvalue weighted by Crippen LogP contribution is -2.27. The fourth-order valence-electron chi connectivity index (χ4n) is 2.56. The molecule has 1 aromatic carbocycles. The number of aliphatic carboxylic acids is 1. The van der Waals surface area contributed by atoms with Gasteiger partial charge in [0.2, 0.25) is 5.91 Å². The van der Waals surface area contributed by atoms with Gasteiger partial charge in [-0.25, -0.2) is 0 Å². The largest absolute Gasteiger partial charge is 0.481 e. The number of carboxylic acid groups (broad SMARTS) is 1. The summed E-state index contributed by atoms with van der Waals surface area (Å²) >= 11 is 0. The lowest BCUT2D eigenvalue weighted by atomic mass is 10.1.